The van der Waals surface area contributed by atoms with Crippen molar-refractivity contribution in [2.24, 2.45) is 5.73 Å². The van der Waals surface area contributed by atoms with Crippen LogP contribution in [0.1, 0.15) is 12.0 Å². The first-order valence-corrected chi connectivity index (χ1v) is 6.33. The van der Waals surface area contributed by atoms with Gasteiger partial charge in [-0.1, -0.05) is 12.1 Å². The second kappa shape index (κ2) is 4.85. The molecular formula is C14H16N4O. The van der Waals surface area contributed by atoms with Crippen LogP contribution in [0.4, 0.5) is 5.69 Å². The quantitative estimate of drug-likeness (QED) is 0.891. The number of nitrogens with zero attached hydrogens (tertiary/aromatic N) is 3. The van der Waals surface area contributed by atoms with Crippen molar-refractivity contribution in [2.45, 2.75) is 19.0 Å². The zero-order valence-corrected chi connectivity index (χ0v) is 10.6. The van der Waals surface area contributed by atoms with Crippen molar-refractivity contribution in [3.63, 3.8) is 0 Å². The van der Waals surface area contributed by atoms with Gasteiger partial charge in [0.2, 0.25) is 5.91 Å². The Hall–Kier alpha value is -2.14. The molecule has 1 aromatic carbocycles. The van der Waals surface area contributed by atoms with Gasteiger partial charge in [-0.3, -0.25) is 4.79 Å². The molecule has 0 saturated carbocycles. The third-order valence-corrected chi connectivity index (χ3v) is 3.30. The highest BCUT2D eigenvalue weighted by atomic mass is 16.2. The number of imidazole rings is 1. The van der Waals surface area contributed by atoms with Crippen LogP contribution in [0, 0.1) is 0 Å². The van der Waals surface area contributed by atoms with Crippen LogP contribution in [0.3, 0.4) is 0 Å². The minimum atomic E-state index is -0.0511. The average Bonchev–Trinajstić information content (AvgIpc) is 2.99. The molecule has 2 aromatic rings. The van der Waals surface area contributed by atoms with Crippen LogP contribution in [0.5, 0.6) is 0 Å². The number of aromatic nitrogens is 2. The van der Waals surface area contributed by atoms with Gasteiger partial charge in [-0.05, 0) is 17.7 Å². The van der Waals surface area contributed by atoms with Gasteiger partial charge in [0.15, 0.2) is 0 Å². The highest BCUT2D eigenvalue weighted by Gasteiger charge is 2.27. The number of anilines is 1. The monoisotopic (exact) mass is 256 g/mol. The Morgan fingerprint density at radius 1 is 1.42 bits per heavy atom. The van der Waals surface area contributed by atoms with E-state index in [1.54, 1.807) is 17.4 Å². The summed E-state index contributed by atoms with van der Waals surface area (Å²) in [6.45, 7) is 1.36. The van der Waals surface area contributed by atoms with Gasteiger partial charge in [0, 0.05) is 43.6 Å². The smallest absolute Gasteiger partial charge is 0.228 e. The van der Waals surface area contributed by atoms with E-state index in [-0.39, 0.29) is 11.9 Å². The van der Waals surface area contributed by atoms with E-state index in [1.807, 2.05) is 35.0 Å². The topological polar surface area (TPSA) is 64.2 Å². The van der Waals surface area contributed by atoms with Crippen LogP contribution in [-0.4, -0.2) is 28.0 Å². The van der Waals surface area contributed by atoms with E-state index in [4.69, 9.17) is 5.73 Å². The normalized spacial score (nSPS) is 19.1. The SMILES string of the molecule is NC1CC(=O)N(c2cccc(Cn3ccnc3)c2)C1. The molecule has 1 aliphatic rings. The molecule has 5 heteroatoms. The second-order valence-corrected chi connectivity index (χ2v) is 4.87. The molecule has 1 atom stereocenters. The van der Waals surface area contributed by atoms with Crippen molar-refractivity contribution >= 4 is 11.6 Å². The fourth-order valence-electron chi connectivity index (χ4n) is 2.40. The minimum absolute atomic E-state index is 0.0511. The Balaban J connectivity index is 1.82. The Morgan fingerprint density at radius 2 is 2.32 bits per heavy atom. The van der Waals surface area contributed by atoms with E-state index in [2.05, 4.69) is 4.98 Å². The van der Waals surface area contributed by atoms with Gasteiger partial charge in [-0.25, -0.2) is 4.98 Å². The maximum absolute atomic E-state index is 11.8. The molecule has 1 amide bonds. The van der Waals surface area contributed by atoms with E-state index in [1.165, 1.54) is 0 Å². The lowest BCUT2D eigenvalue weighted by Crippen LogP contribution is -2.28. The molecule has 1 saturated heterocycles. The van der Waals surface area contributed by atoms with Crippen molar-refractivity contribution < 1.29 is 4.79 Å². The molecule has 1 unspecified atom stereocenters. The molecule has 0 radical (unpaired) electrons. The first-order valence-electron chi connectivity index (χ1n) is 6.33. The van der Waals surface area contributed by atoms with Gasteiger partial charge in [0.1, 0.15) is 0 Å². The molecule has 0 aliphatic carbocycles. The van der Waals surface area contributed by atoms with E-state index in [9.17, 15) is 4.79 Å². The Morgan fingerprint density at radius 3 is 3.00 bits per heavy atom. The summed E-state index contributed by atoms with van der Waals surface area (Å²) >= 11 is 0. The zero-order valence-electron chi connectivity index (χ0n) is 10.6. The molecule has 2 heterocycles. The number of amides is 1. The molecule has 1 aliphatic heterocycles. The summed E-state index contributed by atoms with van der Waals surface area (Å²) < 4.78 is 2.00. The third-order valence-electron chi connectivity index (χ3n) is 3.30. The predicted octanol–water partition coefficient (Wildman–Crippen LogP) is 0.995. The zero-order chi connectivity index (χ0) is 13.2. The Bertz CT molecular complexity index is 579. The average molecular weight is 256 g/mol. The highest BCUT2D eigenvalue weighted by molar-refractivity contribution is 5.96. The summed E-state index contributed by atoms with van der Waals surface area (Å²) in [5.74, 6) is 0.104. The molecule has 5 nitrogen and oxygen atoms in total. The van der Waals surface area contributed by atoms with Crippen molar-refractivity contribution in [1.29, 1.82) is 0 Å². The largest absolute Gasteiger partial charge is 0.333 e. The lowest BCUT2D eigenvalue weighted by molar-refractivity contribution is -0.117. The van der Waals surface area contributed by atoms with Crippen molar-refractivity contribution in [3.05, 3.63) is 48.5 Å². The van der Waals surface area contributed by atoms with Crippen molar-refractivity contribution in [1.82, 2.24) is 9.55 Å². The summed E-state index contributed by atoms with van der Waals surface area (Å²) in [5, 5.41) is 0. The van der Waals surface area contributed by atoms with Crippen LogP contribution in [-0.2, 0) is 11.3 Å². The number of rotatable bonds is 3. The third kappa shape index (κ3) is 2.51. The number of benzene rings is 1. The van der Waals surface area contributed by atoms with E-state index >= 15 is 0 Å². The predicted molar refractivity (Wildman–Crippen MR) is 72.7 cm³/mol. The fraction of sp³-hybridized carbons (Fsp3) is 0.286. The first kappa shape index (κ1) is 11.9. The summed E-state index contributed by atoms with van der Waals surface area (Å²) in [6, 6.07) is 7.95. The van der Waals surface area contributed by atoms with E-state index < -0.39 is 0 Å². The van der Waals surface area contributed by atoms with Crippen LogP contribution < -0.4 is 10.6 Å². The van der Waals surface area contributed by atoms with Crippen molar-refractivity contribution in [2.75, 3.05) is 11.4 Å². The fourth-order valence-corrected chi connectivity index (χ4v) is 2.40. The van der Waals surface area contributed by atoms with Crippen LogP contribution in [0.25, 0.3) is 0 Å². The van der Waals surface area contributed by atoms with Gasteiger partial charge in [0.25, 0.3) is 0 Å². The maximum Gasteiger partial charge on any atom is 0.228 e. The number of hydrogen-bond acceptors (Lipinski definition) is 3. The number of carbonyl (C=O) groups is 1. The molecular weight excluding hydrogens is 240 g/mol. The molecule has 2 N–H and O–H groups in total. The van der Waals surface area contributed by atoms with Crippen LogP contribution in [0.15, 0.2) is 43.0 Å². The molecule has 19 heavy (non-hydrogen) atoms. The summed E-state index contributed by atoms with van der Waals surface area (Å²) in [5.41, 5.74) is 7.89. The lowest BCUT2D eigenvalue weighted by atomic mass is 10.2. The van der Waals surface area contributed by atoms with Gasteiger partial charge in [0.05, 0.1) is 6.33 Å². The summed E-state index contributed by atoms with van der Waals surface area (Å²) in [7, 11) is 0. The van der Waals surface area contributed by atoms with Crippen LogP contribution in [0.2, 0.25) is 0 Å². The van der Waals surface area contributed by atoms with E-state index in [0.29, 0.717) is 13.0 Å². The van der Waals surface area contributed by atoms with Crippen LogP contribution >= 0.6 is 0 Å². The molecule has 3 rings (SSSR count). The van der Waals surface area contributed by atoms with Gasteiger partial charge < -0.3 is 15.2 Å². The first-order chi connectivity index (χ1) is 9.22. The van der Waals surface area contributed by atoms with Gasteiger partial charge >= 0.3 is 0 Å². The molecule has 0 spiro atoms. The van der Waals surface area contributed by atoms with Crippen molar-refractivity contribution in [3.8, 4) is 0 Å². The minimum Gasteiger partial charge on any atom is -0.333 e. The Kier molecular flexibility index (Phi) is 3.05. The highest BCUT2D eigenvalue weighted by Crippen LogP contribution is 2.22. The van der Waals surface area contributed by atoms with E-state index in [0.717, 1.165) is 17.8 Å². The molecule has 1 aromatic heterocycles. The maximum atomic E-state index is 11.8. The molecule has 1 fully saturated rings. The second-order valence-electron chi connectivity index (χ2n) is 4.87. The van der Waals surface area contributed by atoms with Gasteiger partial charge in [-0.2, -0.15) is 0 Å². The standard InChI is InChI=1S/C14H16N4O/c15-12-7-14(19)18(9-12)13-3-1-2-11(6-13)8-17-5-4-16-10-17/h1-6,10,12H,7-9,15H2. The number of carbonyl (C=O) groups excluding carboxylic acids is 1. The lowest BCUT2D eigenvalue weighted by Gasteiger charge is -2.17. The summed E-state index contributed by atoms with van der Waals surface area (Å²) in [4.78, 5) is 17.6. The molecule has 98 valence electrons. The number of nitrogens with two attached hydrogens (primary N) is 1. The molecule has 0 bridgehead atoms. The van der Waals surface area contributed by atoms with Gasteiger partial charge in [-0.15, -0.1) is 0 Å². The Labute approximate surface area is 111 Å². The summed E-state index contributed by atoms with van der Waals surface area (Å²) in [6.07, 6.45) is 5.89. The number of hydrogen-bond donors (Lipinski definition) is 1.